The Kier molecular flexibility index (Phi) is 5.17. The summed E-state index contributed by atoms with van der Waals surface area (Å²) in [4.78, 5) is 14.5. The number of rotatable bonds is 6. The molecule has 18 heavy (non-hydrogen) atoms. The summed E-state index contributed by atoms with van der Waals surface area (Å²) in [6.45, 7) is 4.67. The van der Waals surface area contributed by atoms with Gasteiger partial charge in [0.1, 0.15) is 0 Å². The van der Waals surface area contributed by atoms with Gasteiger partial charge in [0.15, 0.2) is 0 Å². The molecule has 0 heterocycles. The summed E-state index contributed by atoms with van der Waals surface area (Å²) in [5, 5.41) is 3.08. The molecule has 0 unspecified atom stereocenters. The lowest BCUT2D eigenvalue weighted by molar-refractivity contribution is -0.127. The molecule has 0 saturated heterocycles. The maximum absolute atomic E-state index is 12.2. The highest BCUT2D eigenvalue weighted by Crippen LogP contribution is 2.33. The molecule has 0 aromatic rings. The molecule has 0 aromatic heterocycles. The van der Waals surface area contributed by atoms with Crippen molar-refractivity contribution < 1.29 is 4.79 Å². The van der Waals surface area contributed by atoms with E-state index < -0.39 is 5.54 Å². The average molecular weight is 255 g/mol. The number of amides is 1. The van der Waals surface area contributed by atoms with Crippen LogP contribution in [0.4, 0.5) is 0 Å². The zero-order valence-corrected chi connectivity index (χ0v) is 12.4. The second-order valence-corrected chi connectivity index (χ2v) is 5.87. The van der Waals surface area contributed by atoms with Gasteiger partial charge in [-0.05, 0) is 39.8 Å². The molecule has 1 aliphatic carbocycles. The van der Waals surface area contributed by atoms with Crippen LogP contribution in [0.15, 0.2) is 0 Å². The van der Waals surface area contributed by atoms with Gasteiger partial charge in [-0.25, -0.2) is 0 Å². The average Bonchev–Trinajstić information content (AvgIpc) is 2.85. The fourth-order valence-corrected chi connectivity index (χ4v) is 2.81. The summed E-state index contributed by atoms with van der Waals surface area (Å²) in [6.07, 6.45) is 6.20. The van der Waals surface area contributed by atoms with Crippen LogP contribution in [0.5, 0.6) is 0 Å². The lowest BCUT2D eigenvalue weighted by atomic mass is 9.91. The molecule has 0 spiro atoms. The standard InChI is InChI=1S/C14H29N3O/c1-5-14(15,6-2)12(18)16-11-13(17(3)4)9-7-8-10-13/h5-11,15H2,1-4H3,(H,16,18). The molecule has 0 atom stereocenters. The Morgan fingerprint density at radius 3 is 2.17 bits per heavy atom. The molecule has 0 aliphatic heterocycles. The van der Waals surface area contributed by atoms with E-state index in [-0.39, 0.29) is 11.4 Å². The maximum atomic E-state index is 12.2. The van der Waals surface area contributed by atoms with Crippen LogP contribution in [0, 0.1) is 0 Å². The second-order valence-electron chi connectivity index (χ2n) is 5.87. The second kappa shape index (κ2) is 6.02. The number of carbonyl (C=O) groups is 1. The van der Waals surface area contributed by atoms with E-state index in [0.717, 1.165) is 19.4 Å². The first kappa shape index (κ1) is 15.4. The summed E-state index contributed by atoms with van der Waals surface area (Å²) >= 11 is 0. The van der Waals surface area contributed by atoms with Crippen molar-refractivity contribution in [2.75, 3.05) is 20.6 Å². The molecule has 106 valence electrons. The molecular weight excluding hydrogens is 226 g/mol. The van der Waals surface area contributed by atoms with Crippen LogP contribution in [-0.4, -0.2) is 42.5 Å². The molecule has 0 aromatic carbocycles. The number of nitrogens with one attached hydrogen (secondary N) is 1. The molecular formula is C14H29N3O. The zero-order chi connectivity index (χ0) is 13.8. The predicted octanol–water partition coefficient (Wildman–Crippen LogP) is 1.49. The number of hydrogen-bond donors (Lipinski definition) is 2. The van der Waals surface area contributed by atoms with E-state index in [0.29, 0.717) is 12.8 Å². The Bertz CT molecular complexity index is 279. The van der Waals surface area contributed by atoms with E-state index in [2.05, 4.69) is 24.3 Å². The minimum absolute atomic E-state index is 0.000579. The largest absolute Gasteiger partial charge is 0.353 e. The van der Waals surface area contributed by atoms with Crippen molar-refractivity contribution in [2.24, 2.45) is 5.73 Å². The highest BCUT2D eigenvalue weighted by Gasteiger charge is 2.38. The Labute approximate surface area is 111 Å². The van der Waals surface area contributed by atoms with Crippen molar-refractivity contribution >= 4 is 5.91 Å². The molecule has 1 amide bonds. The minimum Gasteiger partial charge on any atom is -0.353 e. The quantitative estimate of drug-likeness (QED) is 0.756. The molecule has 3 N–H and O–H groups in total. The van der Waals surface area contributed by atoms with Gasteiger partial charge in [0.2, 0.25) is 5.91 Å². The molecule has 1 rings (SSSR count). The third-order valence-electron chi connectivity index (χ3n) is 4.77. The van der Waals surface area contributed by atoms with E-state index in [1.165, 1.54) is 12.8 Å². The molecule has 1 aliphatic rings. The van der Waals surface area contributed by atoms with Crippen molar-refractivity contribution in [3.63, 3.8) is 0 Å². The first-order chi connectivity index (χ1) is 8.40. The zero-order valence-electron chi connectivity index (χ0n) is 12.4. The summed E-state index contributed by atoms with van der Waals surface area (Å²) in [5.74, 6) is 0.000579. The summed E-state index contributed by atoms with van der Waals surface area (Å²) < 4.78 is 0. The topological polar surface area (TPSA) is 58.4 Å². The van der Waals surface area contributed by atoms with Gasteiger partial charge in [-0.2, -0.15) is 0 Å². The number of hydrogen-bond acceptors (Lipinski definition) is 3. The Morgan fingerprint density at radius 1 is 1.28 bits per heavy atom. The molecule has 4 heteroatoms. The van der Waals surface area contributed by atoms with Gasteiger partial charge < -0.3 is 16.0 Å². The van der Waals surface area contributed by atoms with Crippen molar-refractivity contribution in [3.05, 3.63) is 0 Å². The minimum atomic E-state index is -0.702. The predicted molar refractivity (Wildman–Crippen MR) is 75.4 cm³/mol. The van der Waals surface area contributed by atoms with E-state index in [9.17, 15) is 4.79 Å². The van der Waals surface area contributed by atoms with Crippen LogP contribution >= 0.6 is 0 Å². The van der Waals surface area contributed by atoms with Crippen LogP contribution in [-0.2, 0) is 4.79 Å². The smallest absolute Gasteiger partial charge is 0.240 e. The highest BCUT2D eigenvalue weighted by atomic mass is 16.2. The normalized spacial score (nSPS) is 19.2. The number of likely N-dealkylation sites (N-methyl/N-ethyl adjacent to an activating group) is 1. The first-order valence-corrected chi connectivity index (χ1v) is 7.15. The van der Waals surface area contributed by atoms with E-state index in [1.807, 2.05) is 13.8 Å². The Hall–Kier alpha value is -0.610. The number of nitrogens with two attached hydrogens (primary N) is 1. The lowest BCUT2D eigenvalue weighted by Gasteiger charge is -2.37. The fourth-order valence-electron chi connectivity index (χ4n) is 2.81. The van der Waals surface area contributed by atoms with E-state index in [4.69, 9.17) is 5.73 Å². The van der Waals surface area contributed by atoms with Gasteiger partial charge in [0, 0.05) is 12.1 Å². The van der Waals surface area contributed by atoms with Crippen molar-refractivity contribution in [1.82, 2.24) is 10.2 Å². The first-order valence-electron chi connectivity index (χ1n) is 7.15. The third-order valence-corrected chi connectivity index (χ3v) is 4.77. The Morgan fingerprint density at radius 2 is 1.78 bits per heavy atom. The Balaban J connectivity index is 2.61. The van der Waals surface area contributed by atoms with Gasteiger partial charge in [0.25, 0.3) is 0 Å². The van der Waals surface area contributed by atoms with Crippen molar-refractivity contribution in [1.29, 1.82) is 0 Å². The van der Waals surface area contributed by atoms with Crippen molar-refractivity contribution in [3.8, 4) is 0 Å². The van der Waals surface area contributed by atoms with Gasteiger partial charge in [-0.3, -0.25) is 4.79 Å². The van der Waals surface area contributed by atoms with Gasteiger partial charge in [0.05, 0.1) is 5.54 Å². The molecule has 1 fully saturated rings. The SMILES string of the molecule is CCC(N)(CC)C(=O)NCC1(N(C)C)CCCC1. The van der Waals surface area contributed by atoms with E-state index in [1.54, 1.807) is 0 Å². The van der Waals surface area contributed by atoms with Gasteiger partial charge >= 0.3 is 0 Å². The molecule has 4 nitrogen and oxygen atoms in total. The number of carbonyl (C=O) groups excluding carboxylic acids is 1. The summed E-state index contributed by atoms with van der Waals surface area (Å²) in [7, 11) is 4.21. The maximum Gasteiger partial charge on any atom is 0.240 e. The fraction of sp³-hybridized carbons (Fsp3) is 0.929. The summed E-state index contributed by atoms with van der Waals surface area (Å²) in [5.41, 5.74) is 5.55. The highest BCUT2D eigenvalue weighted by molar-refractivity contribution is 5.86. The molecule has 0 bridgehead atoms. The van der Waals surface area contributed by atoms with Crippen molar-refractivity contribution in [2.45, 2.75) is 63.5 Å². The van der Waals surface area contributed by atoms with Crippen LogP contribution in [0.3, 0.4) is 0 Å². The third kappa shape index (κ3) is 3.04. The van der Waals surface area contributed by atoms with Gasteiger partial charge in [-0.15, -0.1) is 0 Å². The number of nitrogens with zero attached hydrogens (tertiary/aromatic N) is 1. The molecule has 0 radical (unpaired) electrons. The van der Waals surface area contributed by atoms with Gasteiger partial charge in [-0.1, -0.05) is 26.7 Å². The molecule has 1 saturated carbocycles. The summed E-state index contributed by atoms with van der Waals surface area (Å²) in [6, 6.07) is 0. The van der Waals surface area contributed by atoms with Crippen LogP contribution in [0.25, 0.3) is 0 Å². The monoisotopic (exact) mass is 255 g/mol. The van der Waals surface area contributed by atoms with Crippen LogP contribution < -0.4 is 11.1 Å². The van der Waals surface area contributed by atoms with Crippen LogP contribution in [0.2, 0.25) is 0 Å². The van der Waals surface area contributed by atoms with E-state index >= 15 is 0 Å². The lowest BCUT2D eigenvalue weighted by Crippen LogP contribution is -2.58. The van der Waals surface area contributed by atoms with Crippen LogP contribution in [0.1, 0.15) is 52.4 Å².